The molecule has 12 heteroatoms. The number of carbonyl (C=O) groups excluding carboxylic acids is 1. The van der Waals surface area contributed by atoms with Gasteiger partial charge < -0.3 is 10.0 Å². The van der Waals surface area contributed by atoms with Gasteiger partial charge in [0.2, 0.25) is 10.0 Å². The Morgan fingerprint density at radius 3 is 2.36 bits per heavy atom. The van der Waals surface area contributed by atoms with Gasteiger partial charge in [0, 0.05) is 35.8 Å². The number of hydrogen-bond acceptors (Lipinski definition) is 6. The summed E-state index contributed by atoms with van der Waals surface area (Å²) in [4.78, 5) is 23.1. The summed E-state index contributed by atoms with van der Waals surface area (Å²) in [6.07, 6.45) is -0.258. The third kappa shape index (κ3) is 5.41. The van der Waals surface area contributed by atoms with E-state index in [1.54, 1.807) is 24.3 Å². The number of aromatic nitrogens is 2. The number of anilines is 2. The summed E-state index contributed by atoms with van der Waals surface area (Å²) in [5.41, 5.74) is 1.94. The highest BCUT2D eigenvalue weighted by Crippen LogP contribution is 2.38. The number of alkyl halides is 3. The van der Waals surface area contributed by atoms with Crippen LogP contribution in [0.15, 0.2) is 73.1 Å². The maximum Gasteiger partial charge on any atom is 0.416 e. The van der Waals surface area contributed by atoms with E-state index in [2.05, 4.69) is 14.7 Å². The molecule has 0 atom stereocenters. The van der Waals surface area contributed by atoms with Crippen molar-refractivity contribution in [3.63, 3.8) is 0 Å². The first-order valence-corrected chi connectivity index (χ1v) is 13.5. The standard InChI is InChI=1S/C27H21F3N4O4S/c1-39(37,38)33-23-15-19(5-8-24(23)35)34-12-9-17-13-16(3-6-21(17)26(34)36)20-7-4-18(27(28,29)30)14-22(20)25-31-10-2-11-32-25/h2-8,10-11,13-15,33,35H,9,12H2,1H3. The topological polar surface area (TPSA) is 112 Å². The Labute approximate surface area is 221 Å². The van der Waals surface area contributed by atoms with E-state index in [4.69, 9.17) is 0 Å². The van der Waals surface area contributed by atoms with Crippen molar-refractivity contribution in [1.29, 1.82) is 0 Å². The van der Waals surface area contributed by atoms with Crippen molar-refractivity contribution in [3.8, 4) is 28.3 Å². The van der Waals surface area contributed by atoms with E-state index < -0.39 is 21.8 Å². The van der Waals surface area contributed by atoms with Crippen molar-refractivity contribution < 1.29 is 31.5 Å². The van der Waals surface area contributed by atoms with Crippen LogP contribution in [-0.2, 0) is 22.6 Å². The number of fused-ring (bicyclic) bond motifs is 1. The average molecular weight is 555 g/mol. The number of carbonyl (C=O) groups is 1. The molecule has 0 fully saturated rings. The number of phenols is 1. The van der Waals surface area contributed by atoms with Gasteiger partial charge in [0.1, 0.15) is 5.75 Å². The molecule has 0 unspecified atom stereocenters. The van der Waals surface area contributed by atoms with Crippen molar-refractivity contribution in [1.82, 2.24) is 9.97 Å². The molecular weight excluding hydrogens is 533 g/mol. The highest BCUT2D eigenvalue weighted by Gasteiger charge is 2.32. The monoisotopic (exact) mass is 554 g/mol. The molecule has 0 radical (unpaired) electrons. The number of rotatable bonds is 5. The van der Waals surface area contributed by atoms with Gasteiger partial charge in [0.15, 0.2) is 5.82 Å². The summed E-state index contributed by atoms with van der Waals surface area (Å²) in [6.45, 7) is 0.264. The van der Waals surface area contributed by atoms with Gasteiger partial charge in [0.05, 0.1) is 17.5 Å². The van der Waals surface area contributed by atoms with Gasteiger partial charge in [-0.05, 0) is 65.6 Å². The maximum atomic E-state index is 13.5. The normalized spacial score (nSPS) is 13.7. The number of halogens is 3. The summed E-state index contributed by atoms with van der Waals surface area (Å²) in [5, 5.41) is 10.0. The van der Waals surface area contributed by atoms with Crippen molar-refractivity contribution in [2.45, 2.75) is 12.6 Å². The first-order chi connectivity index (χ1) is 18.4. The predicted octanol–water partition coefficient (Wildman–Crippen LogP) is 5.11. The SMILES string of the molecule is CS(=O)(=O)Nc1cc(N2CCc3cc(-c4ccc(C(F)(F)F)cc4-c4ncccn4)ccc3C2=O)ccc1O. The Morgan fingerprint density at radius 2 is 1.67 bits per heavy atom. The lowest BCUT2D eigenvalue weighted by Crippen LogP contribution is -2.37. The highest BCUT2D eigenvalue weighted by atomic mass is 32.2. The lowest BCUT2D eigenvalue weighted by Gasteiger charge is -2.29. The van der Waals surface area contributed by atoms with E-state index in [0.29, 0.717) is 34.4 Å². The molecular formula is C27H21F3N4O4S. The van der Waals surface area contributed by atoms with Crippen LogP contribution < -0.4 is 9.62 Å². The van der Waals surface area contributed by atoms with Crippen LogP contribution in [0.1, 0.15) is 21.5 Å². The Morgan fingerprint density at radius 1 is 0.949 bits per heavy atom. The maximum absolute atomic E-state index is 13.5. The number of aromatic hydroxyl groups is 1. The molecule has 1 aliphatic rings. The van der Waals surface area contributed by atoms with Gasteiger partial charge in [0.25, 0.3) is 5.91 Å². The molecule has 0 spiro atoms. The molecule has 2 N–H and O–H groups in total. The molecule has 0 saturated carbocycles. The quantitative estimate of drug-likeness (QED) is 0.332. The predicted molar refractivity (Wildman–Crippen MR) is 140 cm³/mol. The third-order valence-electron chi connectivity index (χ3n) is 6.24. The zero-order valence-corrected chi connectivity index (χ0v) is 21.2. The number of phenolic OH excluding ortho intramolecular Hbond substituents is 1. The molecule has 1 aromatic heterocycles. The van der Waals surface area contributed by atoms with Gasteiger partial charge in [-0.25, -0.2) is 18.4 Å². The van der Waals surface area contributed by atoms with Crippen LogP contribution in [0.3, 0.4) is 0 Å². The van der Waals surface area contributed by atoms with E-state index in [9.17, 15) is 31.5 Å². The third-order valence-corrected chi connectivity index (χ3v) is 6.83. The summed E-state index contributed by atoms with van der Waals surface area (Å²) >= 11 is 0. The number of hydrogen-bond donors (Lipinski definition) is 2. The van der Waals surface area contributed by atoms with E-state index in [1.165, 1.54) is 41.6 Å². The van der Waals surface area contributed by atoms with Crippen molar-refractivity contribution in [2.75, 3.05) is 22.4 Å². The first-order valence-electron chi connectivity index (χ1n) is 11.7. The minimum absolute atomic E-state index is 0.0538. The van der Waals surface area contributed by atoms with Crippen LogP contribution in [0.25, 0.3) is 22.5 Å². The fraction of sp³-hybridized carbons (Fsp3) is 0.148. The van der Waals surface area contributed by atoms with E-state index in [0.717, 1.165) is 18.4 Å². The Kier molecular flexibility index (Phi) is 6.51. The zero-order valence-electron chi connectivity index (χ0n) is 20.4. The molecule has 1 amide bonds. The second-order valence-corrected chi connectivity index (χ2v) is 10.7. The van der Waals surface area contributed by atoms with Crippen LogP contribution in [-0.4, -0.2) is 42.2 Å². The van der Waals surface area contributed by atoms with Crippen molar-refractivity contribution in [2.24, 2.45) is 0 Å². The summed E-state index contributed by atoms with van der Waals surface area (Å²) in [6, 6.07) is 14.2. The Balaban J connectivity index is 1.51. The lowest BCUT2D eigenvalue weighted by molar-refractivity contribution is -0.137. The van der Waals surface area contributed by atoms with E-state index in [-0.39, 0.29) is 35.3 Å². The zero-order chi connectivity index (χ0) is 27.9. The number of amides is 1. The number of nitrogens with one attached hydrogen (secondary N) is 1. The molecule has 0 aliphatic carbocycles. The average Bonchev–Trinajstić information content (AvgIpc) is 2.89. The van der Waals surface area contributed by atoms with Crippen LogP contribution in [0.5, 0.6) is 5.75 Å². The molecule has 4 aromatic rings. The van der Waals surface area contributed by atoms with Crippen molar-refractivity contribution >= 4 is 27.3 Å². The largest absolute Gasteiger partial charge is 0.506 e. The van der Waals surface area contributed by atoms with Crippen LogP contribution >= 0.6 is 0 Å². The van der Waals surface area contributed by atoms with Gasteiger partial charge in [-0.2, -0.15) is 13.2 Å². The molecule has 200 valence electrons. The van der Waals surface area contributed by atoms with Gasteiger partial charge >= 0.3 is 6.18 Å². The molecule has 0 bridgehead atoms. The van der Waals surface area contributed by atoms with Crippen LogP contribution in [0.2, 0.25) is 0 Å². The summed E-state index contributed by atoms with van der Waals surface area (Å²) in [5.74, 6) is -0.476. The van der Waals surface area contributed by atoms with Crippen LogP contribution in [0, 0.1) is 0 Å². The van der Waals surface area contributed by atoms with Crippen molar-refractivity contribution in [3.05, 3.63) is 89.7 Å². The Hall–Kier alpha value is -4.45. The van der Waals surface area contributed by atoms with E-state index >= 15 is 0 Å². The van der Waals surface area contributed by atoms with Gasteiger partial charge in [-0.3, -0.25) is 9.52 Å². The highest BCUT2D eigenvalue weighted by molar-refractivity contribution is 7.92. The van der Waals surface area contributed by atoms with E-state index in [1.807, 2.05) is 0 Å². The molecule has 39 heavy (non-hydrogen) atoms. The smallest absolute Gasteiger partial charge is 0.416 e. The molecule has 0 saturated heterocycles. The minimum atomic E-state index is -4.54. The molecule has 5 rings (SSSR count). The fourth-order valence-electron chi connectivity index (χ4n) is 4.47. The van der Waals surface area contributed by atoms with Gasteiger partial charge in [-0.15, -0.1) is 0 Å². The summed E-state index contributed by atoms with van der Waals surface area (Å²) < 4.78 is 65.9. The van der Waals surface area contributed by atoms with Gasteiger partial charge in [-0.1, -0.05) is 18.2 Å². The van der Waals surface area contributed by atoms with Crippen LogP contribution in [0.4, 0.5) is 24.5 Å². The first kappa shape index (κ1) is 26.2. The number of benzene rings is 3. The lowest BCUT2D eigenvalue weighted by atomic mass is 9.91. The molecule has 8 nitrogen and oxygen atoms in total. The number of nitrogens with zero attached hydrogens (tertiary/aromatic N) is 3. The summed E-state index contributed by atoms with van der Waals surface area (Å²) in [7, 11) is -3.66. The molecule has 2 heterocycles. The molecule has 1 aliphatic heterocycles. The number of sulfonamides is 1. The fourth-order valence-corrected chi connectivity index (χ4v) is 5.03. The molecule has 3 aromatic carbocycles. The Bertz CT molecular complexity index is 1690. The second-order valence-electron chi connectivity index (χ2n) is 8.98. The second kappa shape index (κ2) is 9.70. The minimum Gasteiger partial charge on any atom is -0.506 e.